The summed E-state index contributed by atoms with van der Waals surface area (Å²) in [5.74, 6) is -0.106. The van der Waals surface area contributed by atoms with Crippen LogP contribution in [0.15, 0.2) is 11.6 Å². The summed E-state index contributed by atoms with van der Waals surface area (Å²) in [5.41, 5.74) is 0.325. The van der Waals surface area contributed by atoms with E-state index in [2.05, 4.69) is 5.32 Å². The molecule has 0 heterocycles. The zero-order chi connectivity index (χ0) is 10.6. The van der Waals surface area contributed by atoms with Crippen molar-refractivity contribution in [3.05, 3.63) is 11.6 Å². The summed E-state index contributed by atoms with van der Waals surface area (Å²) in [6.07, 6.45) is 5.30. The Balaban J connectivity index is 2.33. The zero-order valence-electron chi connectivity index (χ0n) is 8.97. The van der Waals surface area contributed by atoms with Gasteiger partial charge in [0.1, 0.15) is 0 Å². The number of amides is 1. The van der Waals surface area contributed by atoms with Crippen LogP contribution in [0, 0.1) is 0 Å². The normalized spacial score (nSPS) is 19.1. The third-order valence-corrected chi connectivity index (χ3v) is 2.55. The van der Waals surface area contributed by atoms with Crippen molar-refractivity contribution in [2.45, 2.75) is 45.1 Å². The minimum absolute atomic E-state index is 0.106. The molecule has 0 aromatic rings. The van der Waals surface area contributed by atoms with Crippen molar-refractivity contribution in [2.24, 2.45) is 0 Å². The minimum Gasteiger partial charge on any atom is -0.388 e. The molecule has 1 amide bonds. The summed E-state index contributed by atoms with van der Waals surface area (Å²) in [4.78, 5) is 11.3. The van der Waals surface area contributed by atoms with Gasteiger partial charge >= 0.3 is 0 Å². The lowest BCUT2D eigenvalue weighted by molar-refractivity contribution is -0.117. The van der Waals surface area contributed by atoms with E-state index in [4.69, 9.17) is 0 Å². The molecule has 0 aromatic heterocycles. The molecule has 0 saturated heterocycles. The summed E-state index contributed by atoms with van der Waals surface area (Å²) in [6.45, 7) is 4.14. The summed E-state index contributed by atoms with van der Waals surface area (Å²) in [6, 6.07) is 0. The molecular weight excluding hydrogens is 178 g/mol. The number of allylic oxidation sites excluding steroid dienone is 1. The number of carbonyl (C=O) groups excluding carboxylic acids is 1. The molecule has 80 valence electrons. The second kappa shape index (κ2) is 4.60. The Bertz CT molecular complexity index is 236. The summed E-state index contributed by atoms with van der Waals surface area (Å²) >= 11 is 0. The molecule has 0 atom stereocenters. The Hall–Kier alpha value is -0.830. The van der Waals surface area contributed by atoms with Crippen LogP contribution < -0.4 is 5.32 Å². The van der Waals surface area contributed by atoms with Crippen LogP contribution in [0.2, 0.25) is 0 Å². The second-order valence-electron chi connectivity index (χ2n) is 4.37. The molecule has 0 aliphatic heterocycles. The molecular formula is C11H19NO2. The van der Waals surface area contributed by atoms with Crippen molar-refractivity contribution in [2.75, 3.05) is 6.54 Å². The molecule has 1 fully saturated rings. The Labute approximate surface area is 85.2 Å². The highest BCUT2D eigenvalue weighted by Gasteiger charge is 2.30. The van der Waals surface area contributed by atoms with Gasteiger partial charge in [0.15, 0.2) is 0 Å². The number of hydrogen-bond donors (Lipinski definition) is 2. The van der Waals surface area contributed by atoms with Crippen LogP contribution in [0.25, 0.3) is 0 Å². The second-order valence-corrected chi connectivity index (χ2v) is 4.37. The van der Waals surface area contributed by atoms with Gasteiger partial charge in [-0.05, 0) is 26.7 Å². The Morgan fingerprint density at radius 1 is 1.43 bits per heavy atom. The third kappa shape index (κ3) is 3.50. The van der Waals surface area contributed by atoms with Gasteiger partial charge in [0.2, 0.25) is 5.91 Å². The molecule has 3 nitrogen and oxygen atoms in total. The molecule has 1 rings (SSSR count). The van der Waals surface area contributed by atoms with Gasteiger partial charge in [0, 0.05) is 12.6 Å². The number of carbonyl (C=O) groups is 1. The van der Waals surface area contributed by atoms with Crippen molar-refractivity contribution in [3.8, 4) is 0 Å². The van der Waals surface area contributed by atoms with Crippen LogP contribution in [0.3, 0.4) is 0 Å². The number of rotatable bonds is 3. The Morgan fingerprint density at radius 2 is 2.00 bits per heavy atom. The predicted molar refractivity (Wildman–Crippen MR) is 55.9 cm³/mol. The highest BCUT2D eigenvalue weighted by atomic mass is 16.3. The van der Waals surface area contributed by atoms with Gasteiger partial charge in [0.05, 0.1) is 5.60 Å². The Morgan fingerprint density at radius 3 is 2.50 bits per heavy atom. The molecule has 1 saturated carbocycles. The molecule has 0 bridgehead atoms. The van der Waals surface area contributed by atoms with Gasteiger partial charge in [-0.3, -0.25) is 4.79 Å². The van der Waals surface area contributed by atoms with Gasteiger partial charge in [-0.1, -0.05) is 18.4 Å². The highest BCUT2D eigenvalue weighted by Crippen LogP contribution is 2.28. The van der Waals surface area contributed by atoms with E-state index in [1.54, 1.807) is 6.08 Å². The molecule has 1 aliphatic rings. The molecule has 0 radical (unpaired) electrons. The summed E-state index contributed by atoms with van der Waals surface area (Å²) in [5, 5.41) is 12.7. The summed E-state index contributed by atoms with van der Waals surface area (Å²) < 4.78 is 0. The van der Waals surface area contributed by atoms with Crippen LogP contribution >= 0.6 is 0 Å². The van der Waals surface area contributed by atoms with E-state index in [0.29, 0.717) is 6.54 Å². The van der Waals surface area contributed by atoms with Crippen LogP contribution in [-0.4, -0.2) is 23.2 Å². The van der Waals surface area contributed by atoms with Crippen molar-refractivity contribution in [1.29, 1.82) is 0 Å². The number of nitrogens with one attached hydrogen (secondary N) is 1. The van der Waals surface area contributed by atoms with Gasteiger partial charge in [-0.25, -0.2) is 0 Å². The molecule has 0 spiro atoms. The van der Waals surface area contributed by atoms with E-state index in [9.17, 15) is 9.90 Å². The quantitative estimate of drug-likeness (QED) is 0.671. The maximum atomic E-state index is 11.3. The average Bonchev–Trinajstić information content (AvgIpc) is 2.49. The lowest BCUT2D eigenvalue weighted by Gasteiger charge is -2.21. The average molecular weight is 197 g/mol. The topological polar surface area (TPSA) is 49.3 Å². The lowest BCUT2D eigenvalue weighted by Crippen LogP contribution is -2.40. The first-order valence-corrected chi connectivity index (χ1v) is 5.17. The molecule has 0 unspecified atom stereocenters. The molecule has 2 N–H and O–H groups in total. The largest absolute Gasteiger partial charge is 0.388 e. The zero-order valence-corrected chi connectivity index (χ0v) is 8.97. The molecule has 14 heavy (non-hydrogen) atoms. The molecule has 1 aliphatic carbocycles. The van der Waals surface area contributed by atoms with E-state index >= 15 is 0 Å². The number of hydrogen-bond acceptors (Lipinski definition) is 2. The first-order valence-electron chi connectivity index (χ1n) is 5.17. The lowest BCUT2D eigenvalue weighted by atomic mass is 10.0. The van der Waals surface area contributed by atoms with Gasteiger partial charge in [0.25, 0.3) is 0 Å². The Kier molecular flexibility index (Phi) is 3.69. The fourth-order valence-corrected chi connectivity index (χ4v) is 1.77. The highest BCUT2D eigenvalue weighted by molar-refractivity contribution is 5.88. The van der Waals surface area contributed by atoms with Crippen LogP contribution in [-0.2, 0) is 4.79 Å². The molecule has 3 heteroatoms. The number of aliphatic hydroxyl groups is 1. The maximum Gasteiger partial charge on any atom is 0.244 e. The standard InChI is InChI=1S/C11H19NO2/c1-9(2)7-10(13)12-8-11(14)5-3-4-6-11/h7,14H,3-6,8H2,1-2H3,(H,12,13). The minimum atomic E-state index is -0.648. The van der Waals surface area contributed by atoms with Crippen molar-refractivity contribution in [1.82, 2.24) is 5.32 Å². The van der Waals surface area contributed by atoms with Gasteiger partial charge in [-0.2, -0.15) is 0 Å². The summed E-state index contributed by atoms with van der Waals surface area (Å²) in [7, 11) is 0. The fourth-order valence-electron chi connectivity index (χ4n) is 1.77. The fraction of sp³-hybridized carbons (Fsp3) is 0.727. The first-order chi connectivity index (χ1) is 6.52. The molecule has 0 aromatic carbocycles. The first kappa shape index (κ1) is 11.2. The van der Waals surface area contributed by atoms with Crippen LogP contribution in [0.5, 0.6) is 0 Å². The van der Waals surface area contributed by atoms with E-state index in [0.717, 1.165) is 31.3 Å². The van der Waals surface area contributed by atoms with Crippen molar-refractivity contribution >= 4 is 5.91 Å². The van der Waals surface area contributed by atoms with Crippen molar-refractivity contribution in [3.63, 3.8) is 0 Å². The predicted octanol–water partition coefficient (Wildman–Crippen LogP) is 1.37. The monoisotopic (exact) mass is 197 g/mol. The van der Waals surface area contributed by atoms with Crippen LogP contribution in [0.4, 0.5) is 0 Å². The maximum absolute atomic E-state index is 11.3. The smallest absolute Gasteiger partial charge is 0.244 e. The van der Waals surface area contributed by atoms with E-state index in [1.807, 2.05) is 13.8 Å². The van der Waals surface area contributed by atoms with E-state index < -0.39 is 5.60 Å². The van der Waals surface area contributed by atoms with Gasteiger partial charge < -0.3 is 10.4 Å². The van der Waals surface area contributed by atoms with Crippen molar-refractivity contribution < 1.29 is 9.90 Å². The SMILES string of the molecule is CC(C)=CC(=O)NCC1(O)CCCC1. The van der Waals surface area contributed by atoms with Gasteiger partial charge in [-0.15, -0.1) is 0 Å². The van der Waals surface area contributed by atoms with E-state index in [-0.39, 0.29) is 5.91 Å². The van der Waals surface area contributed by atoms with Crippen LogP contribution in [0.1, 0.15) is 39.5 Å². The van der Waals surface area contributed by atoms with E-state index in [1.165, 1.54) is 0 Å². The third-order valence-electron chi connectivity index (χ3n) is 2.55.